The van der Waals surface area contributed by atoms with Crippen molar-refractivity contribution < 1.29 is 18.9 Å². The summed E-state index contributed by atoms with van der Waals surface area (Å²) in [4.78, 5) is 0. The second-order valence-corrected chi connectivity index (χ2v) is 6.36. The molecule has 124 valence electrons. The van der Waals surface area contributed by atoms with Gasteiger partial charge < -0.3 is 14.5 Å². The van der Waals surface area contributed by atoms with Crippen molar-refractivity contribution in [3.8, 4) is 5.75 Å². The van der Waals surface area contributed by atoms with E-state index in [2.05, 4.69) is 27.3 Å². The first-order chi connectivity index (χ1) is 11.7. The van der Waals surface area contributed by atoms with Crippen LogP contribution in [0.3, 0.4) is 0 Å². The highest BCUT2D eigenvalue weighted by atomic mass is 79.9. The monoisotopic (exact) mass is 390 g/mol. The predicted octanol–water partition coefficient (Wildman–Crippen LogP) is 4.02. The van der Waals surface area contributed by atoms with E-state index < -0.39 is 0 Å². The molecule has 0 aliphatic heterocycles. The van der Waals surface area contributed by atoms with Crippen LogP contribution in [-0.4, -0.2) is 0 Å². The summed E-state index contributed by atoms with van der Waals surface area (Å²) in [5.74, 6) is 1.53. The second kappa shape index (κ2) is 8.13. The highest BCUT2D eigenvalue weighted by Crippen LogP contribution is 2.23. The smallest absolute Gasteiger partial charge is 0.157 e. The Morgan fingerprint density at radius 1 is 1.04 bits per heavy atom. The number of benzene rings is 2. The van der Waals surface area contributed by atoms with Gasteiger partial charge in [-0.1, -0.05) is 28.1 Å². The number of rotatable bonds is 7. The van der Waals surface area contributed by atoms with Gasteiger partial charge in [-0.15, -0.1) is 0 Å². The Balaban J connectivity index is 1.62. The molecular formula is C19H18BrFNO2+. The molecule has 5 heteroatoms. The standard InChI is InChI=1S/C19H17BrFNO2/c20-16-5-8-19(24-13-14-3-6-17(21)7-4-14)15(10-16)11-22-12-18-2-1-9-23-18/h1-10,22H,11-13H2/p+1. The number of quaternary nitrogens is 1. The molecule has 0 aliphatic rings. The highest BCUT2D eigenvalue weighted by Gasteiger charge is 2.08. The van der Waals surface area contributed by atoms with E-state index in [1.54, 1.807) is 18.4 Å². The number of ether oxygens (including phenoxy) is 1. The van der Waals surface area contributed by atoms with E-state index in [0.717, 1.165) is 40.2 Å². The Labute approximate surface area is 148 Å². The van der Waals surface area contributed by atoms with Crippen molar-refractivity contribution in [3.05, 3.63) is 88.0 Å². The summed E-state index contributed by atoms with van der Waals surface area (Å²) in [6.45, 7) is 1.96. The summed E-state index contributed by atoms with van der Waals surface area (Å²) in [6.07, 6.45) is 1.68. The highest BCUT2D eigenvalue weighted by molar-refractivity contribution is 9.10. The molecular weight excluding hydrogens is 373 g/mol. The van der Waals surface area contributed by atoms with Crippen molar-refractivity contribution >= 4 is 15.9 Å². The SMILES string of the molecule is Fc1ccc(COc2ccc(Br)cc2C[NH2+]Cc2ccco2)cc1. The van der Waals surface area contributed by atoms with Gasteiger partial charge in [-0.2, -0.15) is 0 Å². The lowest BCUT2D eigenvalue weighted by Gasteiger charge is -2.11. The maximum absolute atomic E-state index is 13.0. The first kappa shape index (κ1) is 16.7. The third-order valence-corrected chi connectivity index (χ3v) is 4.11. The Kier molecular flexibility index (Phi) is 5.67. The minimum atomic E-state index is -0.240. The van der Waals surface area contributed by atoms with Crippen LogP contribution in [0.5, 0.6) is 5.75 Å². The number of hydrogen-bond donors (Lipinski definition) is 1. The van der Waals surface area contributed by atoms with Crippen molar-refractivity contribution in [2.45, 2.75) is 19.7 Å². The molecule has 0 amide bonds. The van der Waals surface area contributed by atoms with Crippen LogP contribution in [-0.2, 0) is 19.7 Å². The van der Waals surface area contributed by atoms with Gasteiger partial charge in [0.15, 0.2) is 5.76 Å². The molecule has 2 N–H and O–H groups in total. The van der Waals surface area contributed by atoms with Crippen LogP contribution >= 0.6 is 15.9 Å². The van der Waals surface area contributed by atoms with Gasteiger partial charge in [0.2, 0.25) is 0 Å². The van der Waals surface area contributed by atoms with Gasteiger partial charge in [0, 0.05) is 10.0 Å². The third-order valence-electron chi connectivity index (χ3n) is 3.62. The van der Waals surface area contributed by atoms with Gasteiger partial charge in [-0.3, -0.25) is 0 Å². The maximum Gasteiger partial charge on any atom is 0.157 e. The molecule has 0 bridgehead atoms. The molecule has 0 aliphatic carbocycles. The fourth-order valence-electron chi connectivity index (χ4n) is 2.39. The summed E-state index contributed by atoms with van der Waals surface area (Å²) in [7, 11) is 0. The molecule has 0 radical (unpaired) electrons. The minimum absolute atomic E-state index is 0.240. The fraction of sp³-hybridized carbons (Fsp3) is 0.158. The largest absolute Gasteiger partial charge is 0.488 e. The second-order valence-electron chi connectivity index (χ2n) is 5.44. The zero-order chi connectivity index (χ0) is 16.8. The van der Waals surface area contributed by atoms with Gasteiger partial charge >= 0.3 is 0 Å². The lowest BCUT2D eigenvalue weighted by molar-refractivity contribution is -0.688. The van der Waals surface area contributed by atoms with E-state index >= 15 is 0 Å². The fourth-order valence-corrected chi connectivity index (χ4v) is 2.80. The van der Waals surface area contributed by atoms with Crippen LogP contribution in [0.1, 0.15) is 16.9 Å². The Morgan fingerprint density at radius 3 is 2.62 bits per heavy atom. The summed E-state index contributed by atoms with van der Waals surface area (Å²) in [6, 6.07) is 16.2. The van der Waals surface area contributed by atoms with E-state index in [4.69, 9.17) is 9.15 Å². The van der Waals surface area contributed by atoms with E-state index in [9.17, 15) is 4.39 Å². The molecule has 3 nitrogen and oxygen atoms in total. The maximum atomic E-state index is 13.0. The van der Waals surface area contributed by atoms with E-state index in [1.807, 2.05) is 24.3 Å². The first-order valence-corrected chi connectivity index (χ1v) is 8.50. The van der Waals surface area contributed by atoms with Gasteiger partial charge in [-0.25, -0.2) is 4.39 Å². The van der Waals surface area contributed by atoms with E-state index in [0.29, 0.717) is 6.61 Å². The molecule has 0 fully saturated rings. The lowest BCUT2D eigenvalue weighted by atomic mass is 10.2. The first-order valence-electron chi connectivity index (χ1n) is 7.70. The Bertz CT molecular complexity index is 773. The summed E-state index contributed by atoms with van der Waals surface area (Å²) < 4.78 is 25.2. The molecule has 1 aromatic heterocycles. The van der Waals surface area contributed by atoms with Crippen molar-refractivity contribution in [1.29, 1.82) is 0 Å². The molecule has 3 aromatic rings. The Hall–Kier alpha value is -2.11. The van der Waals surface area contributed by atoms with Crippen LogP contribution in [0.25, 0.3) is 0 Å². The molecule has 24 heavy (non-hydrogen) atoms. The molecule has 1 heterocycles. The van der Waals surface area contributed by atoms with Crippen molar-refractivity contribution in [3.63, 3.8) is 0 Å². The molecule has 0 atom stereocenters. The molecule has 2 aromatic carbocycles. The quantitative estimate of drug-likeness (QED) is 0.661. The summed E-state index contributed by atoms with van der Waals surface area (Å²) in [5.41, 5.74) is 2.03. The zero-order valence-electron chi connectivity index (χ0n) is 13.0. The molecule has 0 saturated carbocycles. The van der Waals surface area contributed by atoms with Crippen LogP contribution in [0.15, 0.2) is 69.8 Å². The summed E-state index contributed by atoms with van der Waals surface area (Å²) >= 11 is 3.50. The van der Waals surface area contributed by atoms with Crippen molar-refractivity contribution in [1.82, 2.24) is 0 Å². The number of hydrogen-bond acceptors (Lipinski definition) is 2. The zero-order valence-corrected chi connectivity index (χ0v) is 14.6. The van der Waals surface area contributed by atoms with Crippen molar-refractivity contribution in [2.75, 3.05) is 0 Å². The van der Waals surface area contributed by atoms with E-state index in [1.165, 1.54) is 12.1 Å². The van der Waals surface area contributed by atoms with Crippen LogP contribution < -0.4 is 10.1 Å². The number of nitrogens with two attached hydrogens (primary N) is 1. The lowest BCUT2D eigenvalue weighted by Crippen LogP contribution is -2.80. The molecule has 3 rings (SSSR count). The average molecular weight is 391 g/mol. The van der Waals surface area contributed by atoms with Gasteiger partial charge in [0.05, 0.1) is 6.26 Å². The molecule has 0 spiro atoms. The van der Waals surface area contributed by atoms with Crippen LogP contribution in [0, 0.1) is 5.82 Å². The third kappa shape index (κ3) is 4.69. The Morgan fingerprint density at radius 2 is 1.88 bits per heavy atom. The average Bonchev–Trinajstić information content (AvgIpc) is 3.09. The van der Waals surface area contributed by atoms with Gasteiger partial charge in [-0.05, 0) is 48.0 Å². The number of halogens is 2. The van der Waals surface area contributed by atoms with Crippen molar-refractivity contribution in [2.24, 2.45) is 0 Å². The number of furan rings is 1. The predicted molar refractivity (Wildman–Crippen MR) is 92.9 cm³/mol. The van der Waals surface area contributed by atoms with Gasteiger partial charge in [0.1, 0.15) is 31.3 Å². The normalized spacial score (nSPS) is 10.8. The van der Waals surface area contributed by atoms with Crippen LogP contribution in [0.2, 0.25) is 0 Å². The van der Waals surface area contributed by atoms with Gasteiger partial charge in [0.25, 0.3) is 0 Å². The minimum Gasteiger partial charge on any atom is -0.488 e. The van der Waals surface area contributed by atoms with Crippen LogP contribution in [0.4, 0.5) is 4.39 Å². The summed E-state index contributed by atoms with van der Waals surface area (Å²) in [5, 5.41) is 2.16. The van der Waals surface area contributed by atoms with E-state index in [-0.39, 0.29) is 5.82 Å². The topological polar surface area (TPSA) is 39.0 Å². The molecule has 0 unspecified atom stereocenters. The molecule has 0 saturated heterocycles.